The average Bonchev–Trinajstić information content (AvgIpc) is 2.53. The minimum atomic E-state index is 0. The fraction of sp³-hybridized carbons (Fsp3) is 0.588. The summed E-state index contributed by atoms with van der Waals surface area (Å²) in [4.78, 5) is 4.62. The summed E-state index contributed by atoms with van der Waals surface area (Å²) in [6.07, 6.45) is 1.06. The molecule has 132 valence electrons. The quantitative estimate of drug-likeness (QED) is 0.271. The Morgan fingerprint density at radius 3 is 2.70 bits per heavy atom. The van der Waals surface area contributed by atoms with Crippen LogP contribution in [0.4, 0.5) is 0 Å². The molecule has 0 saturated heterocycles. The number of guanidine groups is 1. The van der Waals surface area contributed by atoms with E-state index in [2.05, 4.69) is 42.5 Å². The van der Waals surface area contributed by atoms with Crippen molar-refractivity contribution >= 4 is 29.9 Å². The molecule has 0 bridgehead atoms. The molecule has 0 fully saturated rings. The summed E-state index contributed by atoms with van der Waals surface area (Å²) in [5.41, 5.74) is 1.12. The summed E-state index contributed by atoms with van der Waals surface area (Å²) in [6.45, 7) is 8.99. The summed E-state index contributed by atoms with van der Waals surface area (Å²) in [5, 5.41) is 6.65. The Labute approximate surface area is 157 Å². The fourth-order valence-corrected chi connectivity index (χ4v) is 1.80. The number of halogens is 1. The molecule has 0 spiro atoms. The topological polar surface area (TPSA) is 54.9 Å². The van der Waals surface area contributed by atoms with Crippen molar-refractivity contribution in [2.24, 2.45) is 4.99 Å². The van der Waals surface area contributed by atoms with Crippen LogP contribution in [0.15, 0.2) is 29.3 Å². The standard InChI is InChI=1S/C17H29N3O2.HI/c1-5-14(3)20-17(18-6-2)19-13-15-8-7-9-16(12-15)22-11-10-21-4;/h7-9,12,14H,5-6,10-11,13H2,1-4H3,(H2,18,19,20);1H. The Kier molecular flexibility index (Phi) is 12.8. The molecule has 0 aromatic heterocycles. The van der Waals surface area contributed by atoms with Crippen LogP contribution in [0.2, 0.25) is 0 Å². The Bertz CT molecular complexity index is 455. The highest BCUT2D eigenvalue weighted by Crippen LogP contribution is 2.14. The van der Waals surface area contributed by atoms with Crippen molar-refractivity contribution in [3.05, 3.63) is 29.8 Å². The molecule has 0 aliphatic carbocycles. The van der Waals surface area contributed by atoms with E-state index in [1.807, 2.05) is 18.2 Å². The predicted molar refractivity (Wildman–Crippen MR) is 107 cm³/mol. The Morgan fingerprint density at radius 1 is 1.26 bits per heavy atom. The van der Waals surface area contributed by atoms with Gasteiger partial charge in [0, 0.05) is 19.7 Å². The van der Waals surface area contributed by atoms with Crippen LogP contribution < -0.4 is 15.4 Å². The zero-order chi connectivity index (χ0) is 16.2. The third-order valence-corrected chi connectivity index (χ3v) is 3.21. The lowest BCUT2D eigenvalue weighted by Crippen LogP contribution is -2.41. The monoisotopic (exact) mass is 435 g/mol. The summed E-state index contributed by atoms with van der Waals surface area (Å²) >= 11 is 0. The molecular weight excluding hydrogens is 405 g/mol. The number of ether oxygens (including phenoxy) is 2. The molecule has 6 heteroatoms. The van der Waals surface area contributed by atoms with Crippen molar-refractivity contribution in [3.8, 4) is 5.75 Å². The van der Waals surface area contributed by atoms with Crippen molar-refractivity contribution in [2.75, 3.05) is 26.9 Å². The maximum Gasteiger partial charge on any atom is 0.191 e. The van der Waals surface area contributed by atoms with E-state index in [0.29, 0.717) is 25.8 Å². The predicted octanol–water partition coefficient (Wildman–Crippen LogP) is 3.18. The number of methoxy groups -OCH3 is 1. The molecule has 0 amide bonds. The zero-order valence-electron chi connectivity index (χ0n) is 14.6. The highest BCUT2D eigenvalue weighted by atomic mass is 127. The van der Waals surface area contributed by atoms with Gasteiger partial charge in [-0.05, 0) is 38.0 Å². The maximum atomic E-state index is 5.62. The number of rotatable bonds is 9. The molecule has 5 nitrogen and oxygen atoms in total. The molecule has 1 rings (SSSR count). The molecule has 1 aromatic rings. The van der Waals surface area contributed by atoms with Crippen LogP contribution in [0, 0.1) is 0 Å². The van der Waals surface area contributed by atoms with E-state index in [1.54, 1.807) is 7.11 Å². The van der Waals surface area contributed by atoms with E-state index in [-0.39, 0.29) is 24.0 Å². The number of nitrogens with zero attached hydrogens (tertiary/aromatic N) is 1. The molecule has 0 heterocycles. The molecule has 1 aromatic carbocycles. The van der Waals surface area contributed by atoms with E-state index in [9.17, 15) is 0 Å². The first kappa shape index (κ1) is 22.0. The first-order valence-electron chi connectivity index (χ1n) is 7.95. The Morgan fingerprint density at radius 2 is 2.04 bits per heavy atom. The molecule has 1 atom stereocenters. The van der Waals surface area contributed by atoms with E-state index in [4.69, 9.17) is 9.47 Å². The van der Waals surface area contributed by atoms with Gasteiger partial charge in [0.2, 0.25) is 0 Å². The fourth-order valence-electron chi connectivity index (χ4n) is 1.80. The van der Waals surface area contributed by atoms with Gasteiger partial charge in [0.1, 0.15) is 12.4 Å². The number of benzene rings is 1. The number of hydrogen-bond acceptors (Lipinski definition) is 3. The third-order valence-electron chi connectivity index (χ3n) is 3.21. The molecular formula is C17H30IN3O2. The number of hydrogen-bond donors (Lipinski definition) is 2. The average molecular weight is 435 g/mol. The van der Waals surface area contributed by atoms with Gasteiger partial charge in [-0.3, -0.25) is 0 Å². The van der Waals surface area contributed by atoms with E-state index in [1.165, 1.54) is 0 Å². The first-order valence-corrected chi connectivity index (χ1v) is 7.95. The first-order chi connectivity index (χ1) is 10.7. The SMILES string of the molecule is CCNC(=NCc1cccc(OCCOC)c1)NC(C)CC.I. The van der Waals surface area contributed by atoms with E-state index in [0.717, 1.165) is 30.2 Å². The van der Waals surface area contributed by atoms with E-state index >= 15 is 0 Å². The molecule has 1 unspecified atom stereocenters. The normalized spacial score (nSPS) is 12.3. The summed E-state index contributed by atoms with van der Waals surface area (Å²) in [6, 6.07) is 8.42. The van der Waals surface area contributed by atoms with Crippen molar-refractivity contribution in [1.82, 2.24) is 10.6 Å². The number of aliphatic imine (C=N–C) groups is 1. The van der Waals surface area contributed by atoms with Crippen LogP contribution in [0.3, 0.4) is 0 Å². The number of nitrogens with one attached hydrogen (secondary N) is 2. The van der Waals surface area contributed by atoms with Gasteiger partial charge in [-0.1, -0.05) is 19.1 Å². The summed E-state index contributed by atoms with van der Waals surface area (Å²) in [5.74, 6) is 1.70. The third kappa shape index (κ3) is 9.65. The lowest BCUT2D eigenvalue weighted by atomic mass is 10.2. The zero-order valence-corrected chi connectivity index (χ0v) is 16.9. The van der Waals surface area contributed by atoms with Gasteiger partial charge < -0.3 is 20.1 Å². The minimum Gasteiger partial charge on any atom is -0.491 e. The van der Waals surface area contributed by atoms with Gasteiger partial charge in [-0.25, -0.2) is 4.99 Å². The van der Waals surface area contributed by atoms with Crippen LogP contribution in [-0.2, 0) is 11.3 Å². The van der Waals surface area contributed by atoms with Gasteiger partial charge in [0.15, 0.2) is 5.96 Å². The van der Waals surface area contributed by atoms with Crippen molar-refractivity contribution in [2.45, 2.75) is 39.8 Å². The largest absolute Gasteiger partial charge is 0.491 e. The van der Waals surface area contributed by atoms with Gasteiger partial charge >= 0.3 is 0 Å². The van der Waals surface area contributed by atoms with Crippen LogP contribution in [0.5, 0.6) is 5.75 Å². The van der Waals surface area contributed by atoms with Crippen molar-refractivity contribution in [3.63, 3.8) is 0 Å². The van der Waals surface area contributed by atoms with Crippen LogP contribution in [-0.4, -0.2) is 38.9 Å². The second kappa shape index (κ2) is 13.4. The van der Waals surface area contributed by atoms with Crippen LogP contribution in [0.25, 0.3) is 0 Å². The van der Waals surface area contributed by atoms with Crippen LogP contribution >= 0.6 is 24.0 Å². The Hall–Kier alpha value is -1.02. The van der Waals surface area contributed by atoms with Gasteiger partial charge in [-0.15, -0.1) is 24.0 Å². The molecule has 2 N–H and O–H groups in total. The molecule has 0 aliphatic heterocycles. The minimum absolute atomic E-state index is 0. The summed E-state index contributed by atoms with van der Waals surface area (Å²) in [7, 11) is 1.67. The molecule has 23 heavy (non-hydrogen) atoms. The molecule has 0 saturated carbocycles. The summed E-state index contributed by atoms with van der Waals surface area (Å²) < 4.78 is 10.6. The van der Waals surface area contributed by atoms with Gasteiger partial charge in [0.25, 0.3) is 0 Å². The second-order valence-electron chi connectivity index (χ2n) is 5.14. The maximum absolute atomic E-state index is 5.62. The lowest BCUT2D eigenvalue weighted by molar-refractivity contribution is 0.146. The van der Waals surface area contributed by atoms with Gasteiger partial charge in [0.05, 0.1) is 13.2 Å². The highest BCUT2D eigenvalue weighted by molar-refractivity contribution is 14.0. The highest BCUT2D eigenvalue weighted by Gasteiger charge is 2.03. The molecule has 0 aliphatic rings. The van der Waals surface area contributed by atoms with Crippen LogP contribution in [0.1, 0.15) is 32.8 Å². The molecule has 0 radical (unpaired) electrons. The Balaban J connectivity index is 0.00000484. The smallest absolute Gasteiger partial charge is 0.191 e. The van der Waals surface area contributed by atoms with Crippen molar-refractivity contribution < 1.29 is 9.47 Å². The van der Waals surface area contributed by atoms with E-state index < -0.39 is 0 Å². The lowest BCUT2D eigenvalue weighted by Gasteiger charge is -2.16. The van der Waals surface area contributed by atoms with Crippen molar-refractivity contribution in [1.29, 1.82) is 0 Å². The van der Waals surface area contributed by atoms with Gasteiger partial charge in [-0.2, -0.15) is 0 Å². The second-order valence-corrected chi connectivity index (χ2v) is 5.14.